The second kappa shape index (κ2) is 7.21. The average molecular weight is 327 g/mol. The van der Waals surface area contributed by atoms with Crippen LogP contribution in [0.15, 0.2) is 48.8 Å². The van der Waals surface area contributed by atoms with Crippen molar-refractivity contribution in [3.63, 3.8) is 0 Å². The van der Waals surface area contributed by atoms with Crippen LogP contribution in [0.4, 0.5) is 10.1 Å². The van der Waals surface area contributed by atoms with E-state index in [1.807, 2.05) is 0 Å². The molecule has 24 heavy (non-hydrogen) atoms. The smallest absolute Gasteiger partial charge is 0.227 e. The number of nitrogens with zero attached hydrogens (tertiary/aromatic N) is 2. The van der Waals surface area contributed by atoms with E-state index in [0.29, 0.717) is 30.8 Å². The van der Waals surface area contributed by atoms with Crippen LogP contribution in [0, 0.1) is 11.7 Å². The lowest BCUT2D eigenvalue weighted by Gasteiger charge is -2.16. The Morgan fingerprint density at radius 2 is 2.12 bits per heavy atom. The van der Waals surface area contributed by atoms with Gasteiger partial charge >= 0.3 is 0 Å². The molecule has 6 heteroatoms. The molecule has 1 unspecified atom stereocenters. The summed E-state index contributed by atoms with van der Waals surface area (Å²) in [6, 6.07) is 10.0. The molecule has 3 rings (SSSR count). The van der Waals surface area contributed by atoms with Gasteiger partial charge in [-0.1, -0.05) is 18.2 Å². The van der Waals surface area contributed by atoms with E-state index in [2.05, 4.69) is 10.3 Å². The van der Waals surface area contributed by atoms with Crippen molar-refractivity contribution < 1.29 is 14.0 Å². The first-order valence-corrected chi connectivity index (χ1v) is 7.86. The lowest BCUT2D eigenvalue weighted by molar-refractivity contribution is -0.126. The number of rotatable bonds is 5. The molecule has 1 N–H and O–H groups in total. The van der Waals surface area contributed by atoms with Gasteiger partial charge in [-0.15, -0.1) is 0 Å². The van der Waals surface area contributed by atoms with Crippen LogP contribution < -0.4 is 10.2 Å². The summed E-state index contributed by atoms with van der Waals surface area (Å²) in [5.74, 6) is -0.924. The van der Waals surface area contributed by atoms with E-state index in [1.165, 1.54) is 6.07 Å². The fourth-order valence-corrected chi connectivity index (χ4v) is 2.81. The van der Waals surface area contributed by atoms with E-state index in [-0.39, 0.29) is 24.1 Å². The van der Waals surface area contributed by atoms with Crippen LogP contribution in [0.2, 0.25) is 0 Å². The van der Waals surface area contributed by atoms with Crippen molar-refractivity contribution in [1.82, 2.24) is 10.3 Å². The standard InChI is InChI=1S/C18H18FN3O2/c19-16-6-2-1-4-13(16)7-9-21-18(24)14-10-17(23)22(12-14)15-5-3-8-20-11-15/h1-6,8,11,14H,7,9-10,12H2,(H,21,24). The van der Waals surface area contributed by atoms with Crippen molar-refractivity contribution in [2.24, 2.45) is 5.92 Å². The first kappa shape index (κ1) is 16.1. The van der Waals surface area contributed by atoms with Gasteiger partial charge in [-0.25, -0.2) is 4.39 Å². The quantitative estimate of drug-likeness (QED) is 0.913. The van der Waals surface area contributed by atoms with E-state index in [0.717, 1.165) is 0 Å². The van der Waals surface area contributed by atoms with Gasteiger partial charge < -0.3 is 10.2 Å². The Morgan fingerprint density at radius 3 is 2.88 bits per heavy atom. The number of carbonyl (C=O) groups is 2. The molecule has 1 fully saturated rings. The van der Waals surface area contributed by atoms with Crippen LogP contribution in [0.1, 0.15) is 12.0 Å². The van der Waals surface area contributed by atoms with Gasteiger partial charge in [-0.2, -0.15) is 0 Å². The van der Waals surface area contributed by atoms with Gasteiger partial charge in [0, 0.05) is 25.7 Å². The van der Waals surface area contributed by atoms with Crippen molar-refractivity contribution >= 4 is 17.5 Å². The lowest BCUT2D eigenvalue weighted by Crippen LogP contribution is -2.34. The van der Waals surface area contributed by atoms with E-state index in [4.69, 9.17) is 0 Å². The monoisotopic (exact) mass is 327 g/mol. The Labute approximate surface area is 139 Å². The highest BCUT2D eigenvalue weighted by molar-refractivity contribution is 6.00. The maximum atomic E-state index is 13.5. The minimum atomic E-state index is -0.390. The highest BCUT2D eigenvalue weighted by Crippen LogP contribution is 2.24. The summed E-state index contributed by atoms with van der Waals surface area (Å²) in [5.41, 5.74) is 1.27. The van der Waals surface area contributed by atoms with Crippen molar-refractivity contribution in [1.29, 1.82) is 0 Å². The molecular weight excluding hydrogens is 309 g/mol. The van der Waals surface area contributed by atoms with Crippen LogP contribution in [-0.4, -0.2) is 29.9 Å². The average Bonchev–Trinajstić information content (AvgIpc) is 2.99. The van der Waals surface area contributed by atoms with Crippen LogP contribution in [0.5, 0.6) is 0 Å². The zero-order valence-electron chi connectivity index (χ0n) is 13.1. The first-order valence-electron chi connectivity index (χ1n) is 7.86. The molecule has 1 aliphatic rings. The molecule has 0 aliphatic carbocycles. The molecule has 1 saturated heterocycles. The van der Waals surface area contributed by atoms with Crippen molar-refractivity contribution in [2.45, 2.75) is 12.8 Å². The largest absolute Gasteiger partial charge is 0.355 e. The number of nitrogens with one attached hydrogen (secondary N) is 1. The highest BCUT2D eigenvalue weighted by atomic mass is 19.1. The Hall–Kier alpha value is -2.76. The first-order chi connectivity index (χ1) is 11.6. The molecule has 0 spiro atoms. The van der Waals surface area contributed by atoms with E-state index >= 15 is 0 Å². The number of aromatic nitrogens is 1. The molecule has 2 heterocycles. The molecule has 1 aromatic carbocycles. The van der Waals surface area contributed by atoms with Gasteiger partial charge in [0.05, 0.1) is 17.8 Å². The van der Waals surface area contributed by atoms with Crippen molar-refractivity contribution in [3.8, 4) is 0 Å². The molecule has 2 aromatic rings. The predicted molar refractivity (Wildman–Crippen MR) is 87.8 cm³/mol. The summed E-state index contributed by atoms with van der Waals surface area (Å²) in [4.78, 5) is 29.9. The minimum absolute atomic E-state index is 0.0859. The van der Waals surface area contributed by atoms with E-state index < -0.39 is 5.92 Å². The Bertz CT molecular complexity index is 736. The topological polar surface area (TPSA) is 62.3 Å². The van der Waals surface area contributed by atoms with Gasteiger partial charge in [0.25, 0.3) is 0 Å². The highest BCUT2D eigenvalue weighted by Gasteiger charge is 2.34. The number of benzene rings is 1. The normalized spacial score (nSPS) is 17.1. The van der Waals surface area contributed by atoms with Crippen molar-refractivity contribution in [3.05, 3.63) is 60.2 Å². The molecule has 0 bridgehead atoms. The molecule has 0 saturated carbocycles. The van der Waals surface area contributed by atoms with Crippen LogP contribution in [0.3, 0.4) is 0 Å². The van der Waals surface area contributed by atoms with Crippen molar-refractivity contribution in [2.75, 3.05) is 18.0 Å². The van der Waals surface area contributed by atoms with Gasteiger partial charge in [0.15, 0.2) is 0 Å². The van der Waals surface area contributed by atoms with E-state index in [1.54, 1.807) is 47.6 Å². The maximum absolute atomic E-state index is 13.5. The second-order valence-corrected chi connectivity index (χ2v) is 5.75. The molecule has 1 aliphatic heterocycles. The Morgan fingerprint density at radius 1 is 1.29 bits per heavy atom. The summed E-state index contributed by atoms with van der Waals surface area (Å²) in [5, 5.41) is 2.79. The summed E-state index contributed by atoms with van der Waals surface area (Å²) < 4.78 is 13.5. The number of anilines is 1. The third-order valence-electron chi connectivity index (χ3n) is 4.10. The number of halogens is 1. The summed E-state index contributed by atoms with van der Waals surface area (Å²) in [7, 11) is 0. The summed E-state index contributed by atoms with van der Waals surface area (Å²) in [6.07, 6.45) is 3.85. The van der Waals surface area contributed by atoms with Gasteiger partial charge in [-0.3, -0.25) is 14.6 Å². The minimum Gasteiger partial charge on any atom is -0.355 e. The fourth-order valence-electron chi connectivity index (χ4n) is 2.81. The van der Waals surface area contributed by atoms with Crippen LogP contribution >= 0.6 is 0 Å². The predicted octanol–water partition coefficient (Wildman–Crippen LogP) is 1.93. The van der Waals surface area contributed by atoms with Crippen LogP contribution in [0.25, 0.3) is 0 Å². The lowest BCUT2D eigenvalue weighted by atomic mass is 10.1. The molecule has 1 aromatic heterocycles. The van der Waals surface area contributed by atoms with Gasteiger partial charge in [0.2, 0.25) is 11.8 Å². The third-order valence-corrected chi connectivity index (χ3v) is 4.10. The fraction of sp³-hybridized carbons (Fsp3) is 0.278. The number of amides is 2. The Kier molecular flexibility index (Phi) is 4.84. The molecule has 1 atom stereocenters. The number of pyridine rings is 1. The number of hydrogen-bond donors (Lipinski definition) is 1. The maximum Gasteiger partial charge on any atom is 0.227 e. The third kappa shape index (κ3) is 3.59. The van der Waals surface area contributed by atoms with Crippen LogP contribution in [-0.2, 0) is 16.0 Å². The SMILES string of the molecule is O=C(NCCc1ccccc1F)C1CC(=O)N(c2cccnc2)C1. The zero-order chi connectivity index (χ0) is 16.9. The molecular formula is C18H18FN3O2. The number of carbonyl (C=O) groups excluding carboxylic acids is 2. The Balaban J connectivity index is 1.53. The zero-order valence-corrected chi connectivity index (χ0v) is 13.1. The van der Waals surface area contributed by atoms with E-state index in [9.17, 15) is 14.0 Å². The molecule has 2 amide bonds. The molecule has 5 nitrogen and oxygen atoms in total. The summed E-state index contributed by atoms with van der Waals surface area (Å²) >= 11 is 0. The van der Waals surface area contributed by atoms with Gasteiger partial charge in [0.1, 0.15) is 5.82 Å². The molecule has 0 radical (unpaired) electrons. The van der Waals surface area contributed by atoms with Gasteiger partial charge in [-0.05, 0) is 30.2 Å². The molecule has 124 valence electrons. The number of hydrogen-bond acceptors (Lipinski definition) is 3. The summed E-state index contributed by atoms with van der Waals surface area (Å²) in [6.45, 7) is 0.688. The second-order valence-electron chi connectivity index (χ2n) is 5.75.